The first kappa shape index (κ1) is 14.8. The second kappa shape index (κ2) is 6.06. The van der Waals surface area contributed by atoms with Crippen LogP contribution in [0.2, 0.25) is 0 Å². The Labute approximate surface area is 144 Å². The fraction of sp³-hybridized carbons (Fsp3) is 0.100. The van der Waals surface area contributed by atoms with Gasteiger partial charge in [0.15, 0.2) is 0 Å². The summed E-state index contributed by atoms with van der Waals surface area (Å²) in [5.41, 5.74) is 4.27. The predicted molar refractivity (Wildman–Crippen MR) is 98.5 cm³/mol. The summed E-state index contributed by atoms with van der Waals surface area (Å²) in [7, 11) is 0. The summed E-state index contributed by atoms with van der Waals surface area (Å²) in [5.74, 6) is 0.807. The van der Waals surface area contributed by atoms with E-state index in [2.05, 4.69) is 55.2 Å². The Balaban J connectivity index is 2.00. The van der Waals surface area contributed by atoms with Crippen molar-refractivity contribution in [1.29, 1.82) is 0 Å². The second-order valence-electron chi connectivity index (χ2n) is 5.79. The molecule has 2 heterocycles. The molecule has 2 aromatic carbocycles. The Hall–Kier alpha value is -2.72. The maximum absolute atomic E-state index is 6.13. The standard InChI is InChI=1S/C20H16N2OS/c1-13-3-6-15(7-4-13)19-12-17(22-20-21-9-10-24-20)16-11-14(2)5-8-18(16)23-19/h3-12H,1-2H3/b22-17+. The number of aromatic nitrogens is 1. The number of rotatable bonds is 2. The number of hydrogen-bond acceptors (Lipinski definition) is 4. The zero-order valence-electron chi connectivity index (χ0n) is 13.5. The minimum Gasteiger partial charge on any atom is -0.456 e. The SMILES string of the molecule is Cc1ccc(-c2c/c(=N\c3nccs3)c3cc(C)ccc3o2)cc1. The van der Waals surface area contributed by atoms with Gasteiger partial charge in [-0.3, -0.25) is 0 Å². The van der Waals surface area contributed by atoms with E-state index in [1.807, 2.05) is 17.5 Å². The summed E-state index contributed by atoms with van der Waals surface area (Å²) in [6.07, 6.45) is 1.77. The number of thiazole rings is 1. The van der Waals surface area contributed by atoms with Crippen LogP contribution >= 0.6 is 11.3 Å². The summed E-state index contributed by atoms with van der Waals surface area (Å²) in [4.78, 5) is 9.00. The molecule has 0 aliphatic carbocycles. The molecular weight excluding hydrogens is 316 g/mol. The van der Waals surface area contributed by atoms with Gasteiger partial charge < -0.3 is 4.42 Å². The van der Waals surface area contributed by atoms with E-state index in [4.69, 9.17) is 9.41 Å². The smallest absolute Gasteiger partial charge is 0.209 e. The molecule has 118 valence electrons. The maximum Gasteiger partial charge on any atom is 0.209 e. The van der Waals surface area contributed by atoms with Gasteiger partial charge in [0.1, 0.15) is 11.3 Å². The van der Waals surface area contributed by atoms with Crippen LogP contribution in [0.25, 0.3) is 22.3 Å². The van der Waals surface area contributed by atoms with E-state index in [1.165, 1.54) is 22.5 Å². The monoisotopic (exact) mass is 332 g/mol. The van der Waals surface area contributed by atoms with Crippen LogP contribution in [-0.4, -0.2) is 4.98 Å². The lowest BCUT2D eigenvalue weighted by Crippen LogP contribution is -2.03. The molecule has 2 aromatic heterocycles. The number of benzene rings is 2. The number of fused-ring (bicyclic) bond motifs is 1. The predicted octanol–water partition coefficient (Wildman–Crippen LogP) is 5.41. The molecule has 0 aliphatic heterocycles. The highest BCUT2D eigenvalue weighted by atomic mass is 32.1. The minimum atomic E-state index is 0.749. The van der Waals surface area contributed by atoms with Gasteiger partial charge in [0.2, 0.25) is 5.13 Å². The molecule has 4 heteroatoms. The summed E-state index contributed by atoms with van der Waals surface area (Å²) in [6.45, 7) is 4.15. The highest BCUT2D eigenvalue weighted by Gasteiger charge is 2.07. The van der Waals surface area contributed by atoms with Crippen LogP contribution in [0.4, 0.5) is 5.13 Å². The average Bonchev–Trinajstić information content (AvgIpc) is 3.09. The third kappa shape index (κ3) is 2.88. The van der Waals surface area contributed by atoms with Crippen LogP contribution in [-0.2, 0) is 0 Å². The van der Waals surface area contributed by atoms with Gasteiger partial charge in [0, 0.05) is 28.6 Å². The Kier molecular flexibility index (Phi) is 3.75. The van der Waals surface area contributed by atoms with Crippen molar-refractivity contribution in [1.82, 2.24) is 4.98 Å². The summed E-state index contributed by atoms with van der Waals surface area (Å²) in [5, 5.41) is 4.56. The topological polar surface area (TPSA) is 38.4 Å². The molecule has 0 bridgehead atoms. The zero-order chi connectivity index (χ0) is 16.5. The molecule has 0 fully saturated rings. The maximum atomic E-state index is 6.13. The molecule has 3 nitrogen and oxygen atoms in total. The molecule has 0 radical (unpaired) electrons. The van der Waals surface area contributed by atoms with E-state index in [9.17, 15) is 0 Å². The summed E-state index contributed by atoms with van der Waals surface area (Å²) >= 11 is 1.53. The number of nitrogens with zero attached hydrogens (tertiary/aromatic N) is 2. The van der Waals surface area contributed by atoms with Crippen molar-refractivity contribution in [2.24, 2.45) is 4.99 Å². The minimum absolute atomic E-state index is 0.749. The van der Waals surface area contributed by atoms with Gasteiger partial charge in [-0.15, -0.1) is 11.3 Å². The van der Waals surface area contributed by atoms with Gasteiger partial charge in [0.05, 0.1) is 5.36 Å². The third-order valence-electron chi connectivity index (χ3n) is 3.87. The lowest BCUT2D eigenvalue weighted by Gasteiger charge is -2.06. The number of aryl methyl sites for hydroxylation is 2. The van der Waals surface area contributed by atoms with E-state index in [-0.39, 0.29) is 0 Å². The molecule has 4 aromatic rings. The molecule has 4 rings (SSSR count). The van der Waals surface area contributed by atoms with E-state index >= 15 is 0 Å². The molecule has 0 spiro atoms. The molecule has 0 amide bonds. The third-order valence-corrected chi connectivity index (χ3v) is 4.54. The molecule has 0 saturated heterocycles. The summed E-state index contributed by atoms with van der Waals surface area (Å²) in [6, 6.07) is 16.5. The van der Waals surface area contributed by atoms with Crippen LogP contribution in [0, 0.1) is 13.8 Å². The average molecular weight is 332 g/mol. The van der Waals surface area contributed by atoms with E-state index in [0.29, 0.717) is 0 Å². The van der Waals surface area contributed by atoms with Crippen LogP contribution in [0.15, 0.2) is 69.5 Å². The first-order chi connectivity index (χ1) is 11.7. The van der Waals surface area contributed by atoms with Crippen LogP contribution in [0.5, 0.6) is 0 Å². The largest absolute Gasteiger partial charge is 0.456 e. The quantitative estimate of drug-likeness (QED) is 0.492. The van der Waals surface area contributed by atoms with Crippen molar-refractivity contribution in [3.8, 4) is 11.3 Å². The molecular formula is C20H16N2OS. The van der Waals surface area contributed by atoms with Gasteiger partial charge in [0.25, 0.3) is 0 Å². The normalized spacial score (nSPS) is 12.0. The molecule has 0 unspecified atom stereocenters. The van der Waals surface area contributed by atoms with Crippen molar-refractivity contribution in [2.45, 2.75) is 13.8 Å². The molecule has 0 aliphatic rings. The number of hydrogen-bond donors (Lipinski definition) is 0. The van der Waals surface area contributed by atoms with Gasteiger partial charge >= 0.3 is 0 Å². The lowest BCUT2D eigenvalue weighted by molar-refractivity contribution is 0.618. The highest BCUT2D eigenvalue weighted by Crippen LogP contribution is 2.24. The van der Waals surface area contributed by atoms with Crippen molar-refractivity contribution < 1.29 is 4.42 Å². The van der Waals surface area contributed by atoms with Crippen molar-refractivity contribution in [3.63, 3.8) is 0 Å². The van der Waals surface area contributed by atoms with Crippen molar-refractivity contribution >= 4 is 27.4 Å². The van der Waals surface area contributed by atoms with E-state index in [0.717, 1.165) is 32.8 Å². The van der Waals surface area contributed by atoms with Crippen LogP contribution in [0.1, 0.15) is 11.1 Å². The van der Waals surface area contributed by atoms with E-state index in [1.54, 1.807) is 6.20 Å². The van der Waals surface area contributed by atoms with Gasteiger partial charge in [-0.2, -0.15) is 0 Å². The van der Waals surface area contributed by atoms with Gasteiger partial charge in [-0.25, -0.2) is 9.98 Å². The molecule has 0 N–H and O–H groups in total. The van der Waals surface area contributed by atoms with Crippen molar-refractivity contribution in [2.75, 3.05) is 0 Å². The zero-order valence-corrected chi connectivity index (χ0v) is 14.3. The Morgan fingerprint density at radius 2 is 1.75 bits per heavy atom. The Morgan fingerprint density at radius 3 is 2.50 bits per heavy atom. The second-order valence-corrected chi connectivity index (χ2v) is 6.66. The first-order valence-corrected chi connectivity index (χ1v) is 8.63. The van der Waals surface area contributed by atoms with Gasteiger partial charge in [-0.1, -0.05) is 41.5 Å². The van der Waals surface area contributed by atoms with Crippen molar-refractivity contribution in [3.05, 3.63) is 76.6 Å². The molecule has 0 atom stereocenters. The highest BCUT2D eigenvalue weighted by molar-refractivity contribution is 7.13. The van der Waals surface area contributed by atoms with E-state index < -0.39 is 0 Å². The fourth-order valence-corrected chi connectivity index (χ4v) is 3.13. The van der Waals surface area contributed by atoms with Gasteiger partial charge in [-0.05, 0) is 26.0 Å². The Morgan fingerprint density at radius 1 is 0.958 bits per heavy atom. The lowest BCUT2D eigenvalue weighted by atomic mass is 10.1. The van der Waals surface area contributed by atoms with Crippen LogP contribution in [0.3, 0.4) is 0 Å². The molecule has 24 heavy (non-hydrogen) atoms. The Bertz CT molecular complexity index is 1060. The first-order valence-electron chi connectivity index (χ1n) is 7.75. The summed E-state index contributed by atoms with van der Waals surface area (Å²) < 4.78 is 6.13. The molecule has 0 saturated carbocycles. The fourth-order valence-electron chi connectivity index (χ4n) is 2.61. The van der Waals surface area contributed by atoms with Crippen LogP contribution < -0.4 is 5.36 Å².